The Bertz CT molecular complexity index is 407. The second-order valence-corrected chi connectivity index (χ2v) is 5.11. The summed E-state index contributed by atoms with van der Waals surface area (Å²) in [7, 11) is 3.75. The van der Waals surface area contributed by atoms with Gasteiger partial charge in [0.2, 0.25) is 0 Å². The Morgan fingerprint density at radius 1 is 1.41 bits per heavy atom. The van der Waals surface area contributed by atoms with E-state index < -0.39 is 0 Å². The predicted molar refractivity (Wildman–Crippen MR) is 72.4 cm³/mol. The Labute approximate surface area is 110 Å². The van der Waals surface area contributed by atoms with E-state index in [9.17, 15) is 4.79 Å². The van der Waals surface area contributed by atoms with Gasteiger partial charge in [0.15, 0.2) is 0 Å². The molecule has 1 aliphatic rings. The summed E-state index contributed by atoms with van der Waals surface area (Å²) in [6, 6.07) is 8.11. The zero-order chi connectivity index (χ0) is 12.4. The quantitative estimate of drug-likeness (QED) is 0.925. The lowest BCUT2D eigenvalue weighted by Crippen LogP contribution is -2.37. The Morgan fingerprint density at radius 2 is 2.06 bits per heavy atom. The van der Waals surface area contributed by atoms with Gasteiger partial charge >= 0.3 is 6.03 Å². The molecular formula is C12H16BrN3O. The summed E-state index contributed by atoms with van der Waals surface area (Å²) < 4.78 is 1.02. The van der Waals surface area contributed by atoms with Gasteiger partial charge < -0.3 is 10.2 Å². The summed E-state index contributed by atoms with van der Waals surface area (Å²) in [6.07, 6.45) is 0. The van der Waals surface area contributed by atoms with Gasteiger partial charge in [-0.3, -0.25) is 4.90 Å². The van der Waals surface area contributed by atoms with Crippen LogP contribution in [0.5, 0.6) is 0 Å². The highest BCUT2D eigenvalue weighted by Gasteiger charge is 2.34. The fourth-order valence-corrected chi connectivity index (χ4v) is 2.30. The lowest BCUT2D eigenvalue weighted by Gasteiger charge is -2.16. The summed E-state index contributed by atoms with van der Waals surface area (Å²) in [5.41, 5.74) is 0.948. The van der Waals surface area contributed by atoms with Crippen LogP contribution in [0.3, 0.4) is 0 Å². The van der Waals surface area contributed by atoms with Crippen LogP contribution in [-0.2, 0) is 0 Å². The van der Waals surface area contributed by atoms with E-state index in [1.165, 1.54) is 0 Å². The van der Waals surface area contributed by atoms with Gasteiger partial charge in [0, 0.05) is 30.3 Å². The van der Waals surface area contributed by atoms with Crippen LogP contribution in [0.25, 0.3) is 0 Å². The molecule has 1 heterocycles. The first-order valence-electron chi connectivity index (χ1n) is 5.58. The summed E-state index contributed by atoms with van der Waals surface area (Å²) in [5, 5.41) is 3.11. The monoisotopic (exact) mass is 297 g/mol. The molecule has 17 heavy (non-hydrogen) atoms. The molecule has 1 aromatic carbocycles. The van der Waals surface area contributed by atoms with Gasteiger partial charge in [-0.05, 0) is 31.3 Å². The van der Waals surface area contributed by atoms with Crippen LogP contribution >= 0.6 is 15.9 Å². The fraction of sp³-hybridized carbons (Fsp3) is 0.417. The van der Waals surface area contributed by atoms with E-state index in [4.69, 9.17) is 0 Å². The molecule has 1 aliphatic heterocycles. The lowest BCUT2D eigenvalue weighted by atomic mass is 10.2. The van der Waals surface area contributed by atoms with Gasteiger partial charge in [-0.1, -0.05) is 15.9 Å². The normalized spacial score (nSPS) is 20.2. The number of carbonyl (C=O) groups excluding carboxylic acids is 1. The highest BCUT2D eigenvalue weighted by Crippen LogP contribution is 2.24. The van der Waals surface area contributed by atoms with Crippen molar-refractivity contribution in [1.29, 1.82) is 0 Å². The molecule has 1 unspecified atom stereocenters. The molecular weight excluding hydrogens is 282 g/mol. The number of urea groups is 1. The first kappa shape index (κ1) is 12.4. The molecule has 2 amide bonds. The molecule has 4 nitrogen and oxygen atoms in total. The minimum Gasteiger partial charge on any atom is -0.321 e. The SMILES string of the molecule is CNCC1CN(c2ccc(Br)cc2)C(=O)N1C. The molecule has 0 aliphatic carbocycles. The number of hydrogen-bond donors (Lipinski definition) is 1. The maximum Gasteiger partial charge on any atom is 0.324 e. The number of carbonyl (C=O) groups is 1. The van der Waals surface area contributed by atoms with Gasteiger partial charge in [-0.25, -0.2) is 4.79 Å². The summed E-state index contributed by atoms with van der Waals surface area (Å²) in [5.74, 6) is 0. The van der Waals surface area contributed by atoms with E-state index in [-0.39, 0.29) is 12.1 Å². The molecule has 0 bridgehead atoms. The van der Waals surface area contributed by atoms with Crippen LogP contribution in [0.2, 0.25) is 0 Å². The zero-order valence-electron chi connectivity index (χ0n) is 9.98. The zero-order valence-corrected chi connectivity index (χ0v) is 11.6. The van der Waals surface area contributed by atoms with Crippen molar-refractivity contribution < 1.29 is 4.79 Å². The average molecular weight is 298 g/mol. The third kappa shape index (κ3) is 2.45. The standard InChI is InChI=1S/C12H16BrN3O/c1-14-7-11-8-16(12(17)15(11)2)10-5-3-9(13)4-6-10/h3-6,11,14H,7-8H2,1-2H3. The molecule has 2 rings (SSSR count). The van der Waals surface area contributed by atoms with Crippen molar-refractivity contribution in [2.24, 2.45) is 0 Å². The predicted octanol–water partition coefficient (Wildman–Crippen LogP) is 1.91. The van der Waals surface area contributed by atoms with Crippen molar-refractivity contribution in [3.63, 3.8) is 0 Å². The molecule has 1 aromatic rings. The van der Waals surface area contributed by atoms with E-state index in [0.29, 0.717) is 0 Å². The number of halogens is 1. The van der Waals surface area contributed by atoms with Gasteiger partial charge in [-0.2, -0.15) is 0 Å². The van der Waals surface area contributed by atoms with E-state index in [2.05, 4.69) is 21.2 Å². The Hall–Kier alpha value is -1.07. The summed E-state index contributed by atoms with van der Waals surface area (Å²) in [4.78, 5) is 15.7. The van der Waals surface area contributed by atoms with Crippen molar-refractivity contribution in [3.05, 3.63) is 28.7 Å². The second kappa shape index (κ2) is 5.06. The van der Waals surface area contributed by atoms with Crippen molar-refractivity contribution in [3.8, 4) is 0 Å². The van der Waals surface area contributed by atoms with Crippen LogP contribution in [0.1, 0.15) is 0 Å². The van der Waals surface area contributed by atoms with Crippen LogP contribution in [0, 0.1) is 0 Å². The molecule has 1 N–H and O–H groups in total. The lowest BCUT2D eigenvalue weighted by molar-refractivity contribution is 0.218. The van der Waals surface area contributed by atoms with Gasteiger partial charge in [0.1, 0.15) is 0 Å². The van der Waals surface area contributed by atoms with Crippen molar-refractivity contribution in [2.75, 3.05) is 32.1 Å². The number of benzene rings is 1. The van der Waals surface area contributed by atoms with E-state index >= 15 is 0 Å². The van der Waals surface area contributed by atoms with Gasteiger partial charge in [-0.15, -0.1) is 0 Å². The number of nitrogens with one attached hydrogen (secondary N) is 1. The number of anilines is 1. The van der Waals surface area contributed by atoms with E-state index in [1.54, 1.807) is 4.90 Å². The number of rotatable bonds is 3. The Morgan fingerprint density at radius 3 is 2.65 bits per heavy atom. The van der Waals surface area contributed by atoms with E-state index in [1.807, 2.05) is 43.3 Å². The van der Waals surface area contributed by atoms with Crippen molar-refractivity contribution >= 4 is 27.6 Å². The molecule has 92 valence electrons. The van der Waals surface area contributed by atoms with Crippen LogP contribution in [-0.4, -0.2) is 44.2 Å². The van der Waals surface area contributed by atoms with Gasteiger partial charge in [0.25, 0.3) is 0 Å². The topological polar surface area (TPSA) is 35.6 Å². The molecule has 0 aromatic heterocycles. The summed E-state index contributed by atoms with van der Waals surface area (Å²) >= 11 is 3.39. The van der Waals surface area contributed by atoms with Gasteiger partial charge in [0.05, 0.1) is 6.04 Å². The van der Waals surface area contributed by atoms with Crippen LogP contribution in [0.4, 0.5) is 10.5 Å². The number of nitrogens with zero attached hydrogens (tertiary/aromatic N) is 2. The highest BCUT2D eigenvalue weighted by molar-refractivity contribution is 9.10. The molecule has 0 spiro atoms. The van der Waals surface area contributed by atoms with Crippen LogP contribution in [0.15, 0.2) is 28.7 Å². The maximum atomic E-state index is 12.1. The molecule has 1 fully saturated rings. The minimum absolute atomic E-state index is 0.0626. The summed E-state index contributed by atoms with van der Waals surface area (Å²) in [6.45, 7) is 1.55. The third-order valence-electron chi connectivity index (χ3n) is 3.05. The largest absolute Gasteiger partial charge is 0.324 e. The third-order valence-corrected chi connectivity index (χ3v) is 3.58. The number of amides is 2. The first-order chi connectivity index (χ1) is 8.13. The highest BCUT2D eigenvalue weighted by atomic mass is 79.9. The Kier molecular flexibility index (Phi) is 3.69. The van der Waals surface area contributed by atoms with E-state index in [0.717, 1.165) is 23.2 Å². The first-order valence-corrected chi connectivity index (χ1v) is 6.37. The minimum atomic E-state index is 0.0626. The number of likely N-dealkylation sites (N-methyl/N-ethyl adjacent to an activating group) is 2. The average Bonchev–Trinajstić information content (AvgIpc) is 2.59. The number of hydrogen-bond acceptors (Lipinski definition) is 2. The molecule has 0 saturated carbocycles. The molecule has 5 heteroatoms. The molecule has 0 radical (unpaired) electrons. The Balaban J connectivity index is 2.17. The van der Waals surface area contributed by atoms with Crippen molar-refractivity contribution in [1.82, 2.24) is 10.2 Å². The fourth-order valence-electron chi connectivity index (χ4n) is 2.03. The maximum absolute atomic E-state index is 12.1. The van der Waals surface area contributed by atoms with Crippen molar-refractivity contribution in [2.45, 2.75) is 6.04 Å². The molecule has 1 atom stereocenters. The molecule has 1 saturated heterocycles. The second-order valence-electron chi connectivity index (χ2n) is 4.19. The smallest absolute Gasteiger partial charge is 0.321 e. The van der Waals surface area contributed by atoms with Crippen LogP contribution < -0.4 is 10.2 Å².